The number of benzene rings is 2. The van der Waals surface area contributed by atoms with Crippen LogP contribution in [-0.4, -0.2) is 27.5 Å². The van der Waals surface area contributed by atoms with Crippen molar-refractivity contribution in [3.63, 3.8) is 0 Å². The second-order valence-corrected chi connectivity index (χ2v) is 8.80. The molecule has 0 radical (unpaired) electrons. The molecule has 2 aromatic carbocycles. The molecule has 0 aliphatic carbocycles. The van der Waals surface area contributed by atoms with Crippen molar-refractivity contribution in [1.29, 1.82) is 0 Å². The highest BCUT2D eigenvalue weighted by molar-refractivity contribution is 7.98. The van der Waals surface area contributed by atoms with Crippen LogP contribution < -0.4 is 20.4 Å². The number of aromatic nitrogens is 3. The van der Waals surface area contributed by atoms with Gasteiger partial charge in [0.15, 0.2) is 0 Å². The monoisotopic (exact) mass is 451 g/mol. The summed E-state index contributed by atoms with van der Waals surface area (Å²) >= 11 is 2.83. The molecule has 31 heavy (non-hydrogen) atoms. The molecule has 0 bridgehead atoms. The predicted molar refractivity (Wildman–Crippen MR) is 125 cm³/mol. The first-order chi connectivity index (χ1) is 15.1. The average molecular weight is 452 g/mol. The Bertz CT molecular complexity index is 1360. The highest BCUT2D eigenvalue weighted by atomic mass is 32.2. The summed E-state index contributed by atoms with van der Waals surface area (Å²) in [4.78, 5) is 30.9. The standard InChI is InChI=1S/C23H21N3O3S2/c1-3-12-29-17-8-4-15(5-9-17)13-19-21(27)24-23-26(25-19)22(28)20(31-23)14-16-6-10-18(30-2)11-7-16/h4-11,14H,3,12-13H2,1-2H3/b20-14-. The average Bonchev–Trinajstić information content (AvgIpc) is 3.08. The highest BCUT2D eigenvalue weighted by Crippen LogP contribution is 2.16. The van der Waals surface area contributed by atoms with Crippen molar-refractivity contribution in [3.05, 3.63) is 90.6 Å². The van der Waals surface area contributed by atoms with Crippen molar-refractivity contribution in [1.82, 2.24) is 14.6 Å². The summed E-state index contributed by atoms with van der Waals surface area (Å²) in [5.41, 5.74) is 1.37. The molecule has 0 saturated carbocycles. The van der Waals surface area contributed by atoms with Crippen LogP contribution in [0.5, 0.6) is 5.75 Å². The quantitative estimate of drug-likeness (QED) is 0.402. The van der Waals surface area contributed by atoms with E-state index in [1.807, 2.05) is 54.8 Å². The van der Waals surface area contributed by atoms with Gasteiger partial charge in [0.05, 0.1) is 11.1 Å². The van der Waals surface area contributed by atoms with Crippen molar-refractivity contribution in [2.24, 2.45) is 0 Å². The molecule has 0 atom stereocenters. The number of thioether (sulfide) groups is 1. The summed E-state index contributed by atoms with van der Waals surface area (Å²) in [6.07, 6.45) is 5.05. The Morgan fingerprint density at radius 2 is 1.84 bits per heavy atom. The van der Waals surface area contributed by atoms with E-state index in [-0.39, 0.29) is 11.3 Å². The highest BCUT2D eigenvalue weighted by Gasteiger charge is 2.12. The Balaban J connectivity index is 1.65. The predicted octanol–water partition coefficient (Wildman–Crippen LogP) is 3.16. The fraction of sp³-hybridized carbons (Fsp3) is 0.217. The summed E-state index contributed by atoms with van der Waals surface area (Å²) in [5, 5.41) is 4.32. The number of thiazole rings is 1. The number of rotatable bonds is 7. The third-order valence-electron chi connectivity index (χ3n) is 4.63. The van der Waals surface area contributed by atoms with E-state index < -0.39 is 5.56 Å². The molecule has 0 N–H and O–H groups in total. The molecular formula is C23H21N3O3S2. The van der Waals surface area contributed by atoms with Crippen LogP contribution in [-0.2, 0) is 6.42 Å². The molecule has 8 heteroatoms. The first-order valence-electron chi connectivity index (χ1n) is 9.87. The Morgan fingerprint density at radius 1 is 1.10 bits per heavy atom. The van der Waals surface area contributed by atoms with Gasteiger partial charge in [-0.1, -0.05) is 42.5 Å². The Labute approximate surface area is 187 Å². The van der Waals surface area contributed by atoms with Crippen molar-refractivity contribution < 1.29 is 4.74 Å². The Morgan fingerprint density at radius 3 is 2.52 bits per heavy atom. The lowest BCUT2D eigenvalue weighted by atomic mass is 10.1. The van der Waals surface area contributed by atoms with Gasteiger partial charge in [0.1, 0.15) is 11.4 Å². The molecule has 2 heterocycles. The van der Waals surface area contributed by atoms with E-state index in [2.05, 4.69) is 17.0 Å². The minimum Gasteiger partial charge on any atom is -0.494 e. The van der Waals surface area contributed by atoms with Crippen molar-refractivity contribution >= 4 is 34.1 Å². The molecule has 2 aromatic heterocycles. The zero-order valence-corrected chi connectivity index (χ0v) is 18.8. The molecule has 0 aliphatic rings. The molecule has 0 amide bonds. The SMILES string of the molecule is CCCOc1ccc(Cc2nn3c(=O)/c(=C/c4ccc(SC)cc4)sc3nc2=O)cc1. The lowest BCUT2D eigenvalue weighted by Crippen LogP contribution is -2.28. The van der Waals surface area contributed by atoms with Crippen LogP contribution in [0.1, 0.15) is 30.2 Å². The molecule has 158 valence electrons. The maximum absolute atomic E-state index is 12.8. The number of nitrogens with zero attached hydrogens (tertiary/aromatic N) is 3. The van der Waals surface area contributed by atoms with E-state index in [4.69, 9.17) is 4.74 Å². The lowest BCUT2D eigenvalue weighted by molar-refractivity contribution is 0.317. The van der Waals surface area contributed by atoms with E-state index in [0.29, 0.717) is 22.5 Å². The van der Waals surface area contributed by atoms with Crippen LogP contribution in [0.25, 0.3) is 11.0 Å². The summed E-state index contributed by atoms with van der Waals surface area (Å²) < 4.78 is 7.30. The van der Waals surface area contributed by atoms with E-state index >= 15 is 0 Å². The normalized spacial score (nSPS) is 11.9. The van der Waals surface area contributed by atoms with Gasteiger partial charge in [-0.3, -0.25) is 9.59 Å². The smallest absolute Gasteiger partial charge is 0.296 e. The van der Waals surface area contributed by atoms with E-state index in [9.17, 15) is 9.59 Å². The molecule has 0 fully saturated rings. The van der Waals surface area contributed by atoms with Crippen LogP contribution in [0, 0.1) is 0 Å². The summed E-state index contributed by atoms with van der Waals surface area (Å²) in [6, 6.07) is 15.4. The van der Waals surface area contributed by atoms with Crippen molar-refractivity contribution in [2.75, 3.05) is 12.9 Å². The van der Waals surface area contributed by atoms with Gasteiger partial charge in [0.25, 0.3) is 11.1 Å². The Kier molecular flexibility index (Phi) is 6.48. The van der Waals surface area contributed by atoms with Crippen LogP contribution in [0.15, 0.2) is 63.0 Å². The molecule has 6 nitrogen and oxygen atoms in total. The second-order valence-electron chi connectivity index (χ2n) is 6.92. The van der Waals surface area contributed by atoms with E-state index in [1.165, 1.54) is 15.9 Å². The van der Waals surface area contributed by atoms with Crippen LogP contribution in [0.4, 0.5) is 0 Å². The van der Waals surface area contributed by atoms with E-state index in [1.54, 1.807) is 17.8 Å². The molecule has 0 aliphatic heterocycles. The van der Waals surface area contributed by atoms with Crippen molar-refractivity contribution in [2.45, 2.75) is 24.7 Å². The fourth-order valence-corrected chi connectivity index (χ4v) is 4.33. The van der Waals surface area contributed by atoms with Gasteiger partial charge in [-0.2, -0.15) is 14.6 Å². The lowest BCUT2D eigenvalue weighted by Gasteiger charge is -2.05. The first-order valence-corrected chi connectivity index (χ1v) is 11.9. The topological polar surface area (TPSA) is 73.6 Å². The van der Waals surface area contributed by atoms with Gasteiger partial charge < -0.3 is 4.74 Å². The third kappa shape index (κ3) is 4.86. The molecule has 4 aromatic rings. The van der Waals surface area contributed by atoms with Gasteiger partial charge in [-0.05, 0) is 54.1 Å². The van der Waals surface area contributed by atoms with Gasteiger partial charge in [0, 0.05) is 11.3 Å². The molecule has 0 saturated heterocycles. The van der Waals surface area contributed by atoms with Gasteiger partial charge in [0.2, 0.25) is 4.96 Å². The molecule has 4 rings (SSSR count). The maximum Gasteiger partial charge on any atom is 0.296 e. The summed E-state index contributed by atoms with van der Waals surface area (Å²) in [5.74, 6) is 0.786. The largest absolute Gasteiger partial charge is 0.494 e. The van der Waals surface area contributed by atoms with Crippen LogP contribution in [0.2, 0.25) is 0 Å². The van der Waals surface area contributed by atoms with Gasteiger partial charge in [-0.15, -0.1) is 11.8 Å². The molecular weight excluding hydrogens is 430 g/mol. The number of fused-ring (bicyclic) bond motifs is 1. The summed E-state index contributed by atoms with van der Waals surface area (Å²) in [6.45, 7) is 2.71. The zero-order chi connectivity index (χ0) is 21.8. The van der Waals surface area contributed by atoms with Crippen LogP contribution >= 0.6 is 23.1 Å². The minimum atomic E-state index is -0.413. The third-order valence-corrected chi connectivity index (χ3v) is 6.33. The Hall–Kier alpha value is -2.97. The van der Waals surface area contributed by atoms with Gasteiger partial charge >= 0.3 is 0 Å². The second kappa shape index (κ2) is 9.45. The molecule has 0 unspecified atom stereocenters. The summed E-state index contributed by atoms with van der Waals surface area (Å²) in [7, 11) is 0. The number of hydrogen-bond donors (Lipinski definition) is 0. The zero-order valence-electron chi connectivity index (χ0n) is 17.2. The fourth-order valence-electron chi connectivity index (χ4n) is 3.02. The maximum atomic E-state index is 12.8. The van der Waals surface area contributed by atoms with E-state index in [0.717, 1.165) is 28.2 Å². The first kappa shape index (κ1) is 21.3. The van der Waals surface area contributed by atoms with Crippen LogP contribution in [0.3, 0.4) is 0 Å². The van der Waals surface area contributed by atoms with Gasteiger partial charge in [-0.25, -0.2) is 0 Å². The molecule has 0 spiro atoms. The van der Waals surface area contributed by atoms with Crippen molar-refractivity contribution in [3.8, 4) is 5.75 Å². The minimum absolute atomic E-state index is 0.241. The number of hydrogen-bond acceptors (Lipinski definition) is 7. The number of ether oxygens (including phenoxy) is 1.